The molecule has 10 unspecified atom stereocenters. The minimum absolute atomic E-state index is 0.0102. The molecule has 4 nitrogen and oxygen atoms in total. The van der Waals surface area contributed by atoms with Gasteiger partial charge < -0.3 is 14.9 Å². The van der Waals surface area contributed by atoms with Gasteiger partial charge in [0.05, 0.1) is 11.7 Å². The maximum absolute atomic E-state index is 11.9. The number of fused-ring (bicyclic) bond motifs is 5. The van der Waals surface area contributed by atoms with E-state index in [2.05, 4.69) is 41.2 Å². The van der Waals surface area contributed by atoms with Crippen molar-refractivity contribution in [1.29, 1.82) is 0 Å². The van der Waals surface area contributed by atoms with E-state index in [-0.39, 0.29) is 33.7 Å². The number of aliphatic hydroxyl groups is 2. The first-order valence-electron chi connectivity index (χ1n) is 14.7. The van der Waals surface area contributed by atoms with Crippen LogP contribution >= 0.6 is 0 Å². The van der Waals surface area contributed by atoms with Gasteiger partial charge in [-0.05, 0) is 118 Å². The average Bonchev–Trinajstić information content (AvgIpc) is 3.13. The molecule has 0 heterocycles. The van der Waals surface area contributed by atoms with Crippen LogP contribution in [0.4, 0.5) is 0 Å². The van der Waals surface area contributed by atoms with E-state index in [1.165, 1.54) is 32.1 Å². The molecule has 0 amide bonds. The molecule has 4 aliphatic rings. The lowest BCUT2D eigenvalue weighted by Gasteiger charge is -2.70. The summed E-state index contributed by atoms with van der Waals surface area (Å²) >= 11 is 0. The molecule has 36 heavy (non-hydrogen) atoms. The first-order chi connectivity index (χ1) is 16.5. The van der Waals surface area contributed by atoms with Gasteiger partial charge in [-0.3, -0.25) is 4.79 Å². The fourth-order valence-corrected chi connectivity index (χ4v) is 10.7. The first kappa shape index (κ1) is 28.1. The molecule has 0 bridgehead atoms. The van der Waals surface area contributed by atoms with Gasteiger partial charge in [0.1, 0.15) is 6.10 Å². The van der Waals surface area contributed by atoms with Gasteiger partial charge in [0, 0.05) is 12.3 Å². The van der Waals surface area contributed by atoms with E-state index in [4.69, 9.17) is 4.74 Å². The Kier molecular flexibility index (Phi) is 7.12. The van der Waals surface area contributed by atoms with Crippen LogP contribution in [0, 0.1) is 45.3 Å². The summed E-state index contributed by atoms with van der Waals surface area (Å²) in [4.78, 5) is 11.9. The summed E-state index contributed by atoms with van der Waals surface area (Å²) < 4.78 is 5.87. The van der Waals surface area contributed by atoms with Crippen molar-refractivity contribution in [2.45, 2.75) is 137 Å². The van der Waals surface area contributed by atoms with Gasteiger partial charge in [-0.15, -0.1) is 0 Å². The molecule has 0 aliphatic heterocycles. The zero-order valence-electron chi connectivity index (χ0n) is 24.5. The van der Waals surface area contributed by atoms with Crippen molar-refractivity contribution in [3.8, 4) is 0 Å². The Bertz CT molecular complexity index is 875. The van der Waals surface area contributed by atoms with Crippen molar-refractivity contribution in [1.82, 2.24) is 0 Å². The first-order valence-corrected chi connectivity index (χ1v) is 14.7. The smallest absolute Gasteiger partial charge is 0.302 e. The Labute approximate surface area is 220 Å². The van der Waals surface area contributed by atoms with Crippen molar-refractivity contribution >= 4 is 5.97 Å². The molecule has 0 aromatic heterocycles. The normalized spacial score (nSPS) is 46.0. The van der Waals surface area contributed by atoms with Crippen LogP contribution in [0.5, 0.6) is 0 Å². The molecule has 4 aliphatic carbocycles. The number of carbonyl (C=O) groups is 1. The lowest BCUT2D eigenvalue weighted by atomic mass is 9.35. The van der Waals surface area contributed by atoms with Gasteiger partial charge in [0.2, 0.25) is 0 Å². The molecule has 4 fully saturated rings. The van der Waals surface area contributed by atoms with Crippen LogP contribution in [-0.2, 0) is 9.53 Å². The Morgan fingerprint density at radius 1 is 0.972 bits per heavy atom. The number of ether oxygens (including phenoxy) is 1. The maximum Gasteiger partial charge on any atom is 0.302 e. The molecular formula is C32H54O4. The molecule has 0 radical (unpaired) electrons. The quantitative estimate of drug-likeness (QED) is 0.301. The lowest BCUT2D eigenvalue weighted by molar-refractivity contribution is -0.229. The van der Waals surface area contributed by atoms with Crippen molar-refractivity contribution in [2.75, 3.05) is 0 Å². The van der Waals surface area contributed by atoms with E-state index >= 15 is 0 Å². The predicted molar refractivity (Wildman–Crippen MR) is 145 cm³/mol. The molecule has 206 valence electrons. The van der Waals surface area contributed by atoms with Gasteiger partial charge in [-0.2, -0.15) is 0 Å². The Morgan fingerprint density at radius 2 is 1.61 bits per heavy atom. The van der Waals surface area contributed by atoms with Crippen molar-refractivity contribution in [2.24, 2.45) is 45.3 Å². The van der Waals surface area contributed by atoms with Crippen molar-refractivity contribution < 1.29 is 19.7 Å². The van der Waals surface area contributed by atoms with E-state index < -0.39 is 11.7 Å². The summed E-state index contributed by atoms with van der Waals surface area (Å²) in [6.07, 6.45) is 9.93. The number of aliphatic hydroxyl groups excluding tert-OH is 1. The zero-order valence-corrected chi connectivity index (χ0v) is 24.5. The minimum Gasteiger partial charge on any atom is -0.462 e. The second kappa shape index (κ2) is 9.11. The number of rotatable bonds is 6. The number of hydrogen-bond acceptors (Lipinski definition) is 4. The molecule has 4 heteroatoms. The van der Waals surface area contributed by atoms with Crippen LogP contribution in [0.25, 0.3) is 0 Å². The molecule has 0 saturated heterocycles. The Hall–Kier alpha value is -0.870. The third-order valence-corrected chi connectivity index (χ3v) is 12.9. The standard InChI is InChI=1S/C32H54O4/c1-20(2)24(34)13-19-32(9,35)23-12-17-30(7)22(23)10-11-26-29(6)16-15-27(36-21(3)33)28(4,5)25(29)14-18-31(26,30)8/h22-27,34-35H,1,10-19H2,2-9H3. The van der Waals surface area contributed by atoms with E-state index in [0.717, 1.165) is 24.8 Å². The van der Waals surface area contributed by atoms with E-state index in [9.17, 15) is 15.0 Å². The maximum atomic E-state index is 11.9. The molecule has 4 saturated carbocycles. The number of carbonyl (C=O) groups excluding carboxylic acids is 1. The van der Waals surface area contributed by atoms with Crippen molar-refractivity contribution in [3.05, 3.63) is 12.2 Å². The SMILES string of the molecule is C=C(C)C(O)CCC(C)(O)C1CCC2(C)C1CCC1C3(C)CCC(OC(C)=O)C(C)(C)C3CCC12C. The minimum atomic E-state index is -0.757. The fourth-order valence-electron chi connectivity index (χ4n) is 10.7. The highest BCUT2D eigenvalue weighted by Gasteiger charge is 2.69. The highest BCUT2D eigenvalue weighted by molar-refractivity contribution is 5.66. The molecule has 0 spiro atoms. The molecule has 0 aromatic carbocycles. The highest BCUT2D eigenvalue weighted by atomic mass is 16.5. The topological polar surface area (TPSA) is 66.8 Å². The number of esters is 1. The van der Waals surface area contributed by atoms with Crippen LogP contribution in [0.3, 0.4) is 0 Å². The predicted octanol–water partition coefficient (Wildman–Crippen LogP) is 7.07. The average molecular weight is 503 g/mol. The summed E-state index contributed by atoms with van der Waals surface area (Å²) in [6.45, 7) is 21.8. The number of hydrogen-bond donors (Lipinski definition) is 2. The monoisotopic (exact) mass is 502 g/mol. The van der Waals surface area contributed by atoms with Crippen LogP contribution in [0.15, 0.2) is 12.2 Å². The summed E-state index contributed by atoms with van der Waals surface area (Å²) in [5.74, 6) is 1.90. The van der Waals surface area contributed by atoms with Gasteiger partial charge in [-0.1, -0.05) is 46.8 Å². The van der Waals surface area contributed by atoms with E-state index in [1.54, 1.807) is 6.92 Å². The van der Waals surface area contributed by atoms with Crippen LogP contribution in [0.2, 0.25) is 0 Å². The summed E-state index contributed by atoms with van der Waals surface area (Å²) in [6, 6.07) is 0. The molecular weight excluding hydrogens is 448 g/mol. The van der Waals surface area contributed by atoms with Crippen LogP contribution < -0.4 is 0 Å². The van der Waals surface area contributed by atoms with Gasteiger partial charge in [0.15, 0.2) is 0 Å². The Morgan fingerprint density at radius 3 is 2.22 bits per heavy atom. The van der Waals surface area contributed by atoms with Gasteiger partial charge in [0.25, 0.3) is 0 Å². The zero-order chi connectivity index (χ0) is 26.9. The molecule has 0 aromatic rings. The van der Waals surface area contributed by atoms with Crippen LogP contribution in [0.1, 0.15) is 120 Å². The molecule has 4 rings (SSSR count). The highest BCUT2D eigenvalue weighted by Crippen LogP contribution is 2.75. The van der Waals surface area contributed by atoms with E-state index in [1.807, 2.05) is 13.8 Å². The van der Waals surface area contributed by atoms with Crippen LogP contribution in [-0.4, -0.2) is 34.0 Å². The third-order valence-electron chi connectivity index (χ3n) is 12.9. The lowest BCUT2D eigenvalue weighted by Crippen LogP contribution is -2.64. The van der Waals surface area contributed by atoms with E-state index in [0.29, 0.717) is 36.5 Å². The Balaban J connectivity index is 1.58. The second-order valence-corrected chi connectivity index (χ2v) is 15.0. The molecule has 2 N–H and O–H groups in total. The fraction of sp³-hybridized carbons (Fsp3) is 0.906. The van der Waals surface area contributed by atoms with Gasteiger partial charge >= 0.3 is 5.97 Å². The molecule has 10 atom stereocenters. The summed E-state index contributed by atoms with van der Waals surface area (Å²) in [5, 5.41) is 22.0. The second-order valence-electron chi connectivity index (χ2n) is 15.0. The largest absolute Gasteiger partial charge is 0.462 e. The van der Waals surface area contributed by atoms with Crippen molar-refractivity contribution in [3.63, 3.8) is 0 Å². The summed E-state index contributed by atoms with van der Waals surface area (Å²) in [7, 11) is 0. The van der Waals surface area contributed by atoms with Gasteiger partial charge in [-0.25, -0.2) is 0 Å². The third kappa shape index (κ3) is 4.12. The summed E-state index contributed by atoms with van der Waals surface area (Å²) in [5.41, 5.74) is 0.756.